The summed E-state index contributed by atoms with van der Waals surface area (Å²) < 4.78 is 16.0. The predicted molar refractivity (Wildman–Crippen MR) is 103 cm³/mol. The van der Waals surface area contributed by atoms with Gasteiger partial charge in [-0.2, -0.15) is 4.99 Å². The van der Waals surface area contributed by atoms with E-state index in [1.165, 1.54) is 15.9 Å². The molecule has 27 heavy (non-hydrogen) atoms. The van der Waals surface area contributed by atoms with Crippen molar-refractivity contribution in [2.45, 2.75) is 19.4 Å². The fourth-order valence-corrected chi connectivity index (χ4v) is 4.20. The molecule has 1 N–H and O–H groups in total. The third kappa shape index (κ3) is 3.76. The monoisotopic (exact) mass is 426 g/mol. The molecule has 0 spiro atoms. The van der Waals surface area contributed by atoms with Gasteiger partial charge in [0.2, 0.25) is 0 Å². The smallest absolute Gasteiger partial charge is 0.326 e. The second-order valence-corrected chi connectivity index (χ2v) is 7.47. The summed E-state index contributed by atoms with van der Waals surface area (Å²) in [6, 6.07) is 8.30. The number of hydrogen-bond donors (Lipinski definition) is 1. The molecule has 1 aromatic heterocycles. The summed E-state index contributed by atoms with van der Waals surface area (Å²) in [5.41, 5.74) is 0.502. The number of carboxylic acid groups (broad SMARTS) is 1. The van der Waals surface area contributed by atoms with E-state index in [0.717, 1.165) is 16.8 Å². The third-order valence-electron chi connectivity index (χ3n) is 3.95. The molecular formula is C18H13Cl2FN2O3S. The highest BCUT2D eigenvalue weighted by Gasteiger charge is 2.22. The minimum atomic E-state index is -1.04. The van der Waals surface area contributed by atoms with Crippen LogP contribution in [-0.4, -0.2) is 21.6 Å². The Kier molecular flexibility index (Phi) is 5.64. The van der Waals surface area contributed by atoms with E-state index in [1.54, 1.807) is 19.1 Å². The Hall–Kier alpha value is -2.22. The number of fused-ring (bicyclic) bond motifs is 1. The van der Waals surface area contributed by atoms with Crippen LogP contribution >= 0.6 is 34.5 Å². The van der Waals surface area contributed by atoms with E-state index in [0.29, 0.717) is 11.9 Å². The van der Waals surface area contributed by atoms with Gasteiger partial charge in [-0.05, 0) is 30.7 Å². The van der Waals surface area contributed by atoms with Crippen LogP contribution in [0, 0.1) is 5.82 Å². The highest BCUT2D eigenvalue weighted by atomic mass is 35.5. The molecule has 0 bridgehead atoms. The first-order valence-corrected chi connectivity index (χ1v) is 9.47. The molecule has 1 unspecified atom stereocenters. The minimum Gasteiger partial charge on any atom is -0.480 e. The van der Waals surface area contributed by atoms with Gasteiger partial charge in [-0.15, -0.1) is 0 Å². The number of carbonyl (C=O) groups is 2. The van der Waals surface area contributed by atoms with E-state index in [9.17, 15) is 19.1 Å². The van der Waals surface area contributed by atoms with Gasteiger partial charge >= 0.3 is 5.97 Å². The van der Waals surface area contributed by atoms with Crippen LogP contribution in [0.25, 0.3) is 10.2 Å². The number of carbonyl (C=O) groups excluding carboxylic acids is 1. The molecule has 0 fully saturated rings. The van der Waals surface area contributed by atoms with E-state index in [-0.39, 0.29) is 20.4 Å². The van der Waals surface area contributed by atoms with Crippen molar-refractivity contribution in [2.24, 2.45) is 4.99 Å². The Bertz CT molecular complexity index is 1120. The zero-order chi connectivity index (χ0) is 19.7. The lowest BCUT2D eigenvalue weighted by atomic mass is 10.2. The summed E-state index contributed by atoms with van der Waals surface area (Å²) in [6.45, 7) is 1.73. The van der Waals surface area contributed by atoms with Gasteiger partial charge in [0.15, 0.2) is 4.80 Å². The molecule has 3 aromatic rings. The van der Waals surface area contributed by atoms with Crippen molar-refractivity contribution < 1.29 is 19.1 Å². The lowest BCUT2D eigenvalue weighted by Crippen LogP contribution is -2.27. The lowest BCUT2D eigenvalue weighted by Gasteiger charge is -2.13. The van der Waals surface area contributed by atoms with Crippen LogP contribution in [0.3, 0.4) is 0 Å². The first-order chi connectivity index (χ1) is 12.8. The number of amides is 1. The molecule has 140 valence electrons. The van der Waals surface area contributed by atoms with E-state index in [2.05, 4.69) is 4.99 Å². The molecule has 0 aliphatic heterocycles. The Labute approximate surface area is 167 Å². The second kappa shape index (κ2) is 7.80. The van der Waals surface area contributed by atoms with Gasteiger partial charge < -0.3 is 9.67 Å². The van der Waals surface area contributed by atoms with Crippen molar-refractivity contribution in [3.8, 4) is 0 Å². The third-order valence-corrected chi connectivity index (χ3v) is 5.59. The molecule has 1 atom stereocenters. The summed E-state index contributed by atoms with van der Waals surface area (Å²) in [7, 11) is 0. The zero-order valence-electron chi connectivity index (χ0n) is 13.9. The first kappa shape index (κ1) is 19.5. The van der Waals surface area contributed by atoms with Gasteiger partial charge in [0, 0.05) is 0 Å². The molecule has 2 aromatic carbocycles. The molecule has 0 saturated heterocycles. The number of carboxylic acids is 1. The Morgan fingerprint density at radius 2 is 1.96 bits per heavy atom. The van der Waals surface area contributed by atoms with Crippen LogP contribution < -0.4 is 4.80 Å². The molecule has 1 amide bonds. The minimum absolute atomic E-state index is 0.0342. The molecule has 0 radical (unpaired) electrons. The number of rotatable bonds is 4. The number of hydrogen-bond acceptors (Lipinski definition) is 3. The van der Waals surface area contributed by atoms with E-state index in [4.69, 9.17) is 23.2 Å². The molecule has 1 heterocycles. The predicted octanol–water partition coefficient (Wildman–Crippen LogP) is 4.93. The highest BCUT2D eigenvalue weighted by Crippen LogP contribution is 2.26. The number of benzene rings is 2. The maximum atomic E-state index is 13.7. The number of thiazole rings is 1. The van der Waals surface area contributed by atoms with Gasteiger partial charge in [0.05, 0.1) is 25.8 Å². The summed E-state index contributed by atoms with van der Waals surface area (Å²) in [6.07, 6.45) is 0.299. The van der Waals surface area contributed by atoms with Crippen LogP contribution in [0.15, 0.2) is 41.4 Å². The molecule has 5 nitrogen and oxygen atoms in total. The largest absolute Gasteiger partial charge is 0.480 e. The maximum Gasteiger partial charge on any atom is 0.326 e. The summed E-state index contributed by atoms with van der Waals surface area (Å²) >= 11 is 12.8. The van der Waals surface area contributed by atoms with Crippen molar-refractivity contribution in [1.82, 2.24) is 4.57 Å². The topological polar surface area (TPSA) is 71.7 Å². The van der Waals surface area contributed by atoms with Crippen LogP contribution in [0.1, 0.15) is 29.7 Å². The highest BCUT2D eigenvalue weighted by molar-refractivity contribution is 7.16. The van der Waals surface area contributed by atoms with Crippen molar-refractivity contribution in [3.63, 3.8) is 0 Å². The lowest BCUT2D eigenvalue weighted by molar-refractivity contribution is -0.140. The summed E-state index contributed by atoms with van der Waals surface area (Å²) in [4.78, 5) is 28.5. The van der Waals surface area contributed by atoms with Crippen molar-refractivity contribution in [2.75, 3.05) is 0 Å². The van der Waals surface area contributed by atoms with Gasteiger partial charge in [-0.1, -0.05) is 53.6 Å². The van der Waals surface area contributed by atoms with Gasteiger partial charge in [-0.3, -0.25) is 4.79 Å². The van der Waals surface area contributed by atoms with Gasteiger partial charge in [-0.25, -0.2) is 9.18 Å². The number of nitrogens with zero attached hydrogens (tertiary/aromatic N) is 2. The fraction of sp³-hybridized carbons (Fsp3) is 0.167. The normalized spacial score (nSPS) is 13.1. The zero-order valence-corrected chi connectivity index (χ0v) is 16.3. The second-order valence-electron chi connectivity index (χ2n) is 5.65. The average molecular weight is 427 g/mol. The molecule has 0 aliphatic carbocycles. The van der Waals surface area contributed by atoms with E-state index in [1.807, 2.05) is 12.1 Å². The van der Waals surface area contributed by atoms with Crippen molar-refractivity contribution in [1.29, 1.82) is 0 Å². The van der Waals surface area contributed by atoms with Crippen molar-refractivity contribution in [3.05, 3.63) is 62.6 Å². The summed E-state index contributed by atoms with van der Waals surface area (Å²) in [5, 5.41) is 9.33. The standard InChI is InChI=1S/C18H13Cl2FN2O3S/c1-2-13(17(25)26)23-14-5-3-4-6-15(14)27-18(23)22-16(24)9-7-12(21)11(20)8-10(9)19/h3-8,13H,2H2,1H3,(H,25,26). The molecule has 0 aliphatic rings. The SMILES string of the molecule is CCC(C(=O)O)n1c(=NC(=O)c2cc(F)c(Cl)cc2Cl)sc2ccccc21. The Balaban J connectivity index is 2.23. The van der Waals surface area contributed by atoms with Crippen molar-refractivity contribution >= 4 is 56.6 Å². The Morgan fingerprint density at radius 3 is 2.63 bits per heavy atom. The summed E-state index contributed by atoms with van der Waals surface area (Å²) in [5.74, 6) is -2.61. The van der Waals surface area contributed by atoms with Crippen LogP contribution in [0.4, 0.5) is 4.39 Å². The van der Waals surface area contributed by atoms with E-state index < -0.39 is 23.7 Å². The van der Waals surface area contributed by atoms with Gasteiger partial charge in [0.25, 0.3) is 5.91 Å². The maximum absolute atomic E-state index is 13.7. The molecule has 9 heteroatoms. The Morgan fingerprint density at radius 1 is 1.26 bits per heavy atom. The first-order valence-electron chi connectivity index (χ1n) is 7.90. The quantitative estimate of drug-likeness (QED) is 0.601. The van der Waals surface area contributed by atoms with Gasteiger partial charge in [0.1, 0.15) is 11.9 Å². The van der Waals surface area contributed by atoms with Crippen LogP contribution in [0.5, 0.6) is 0 Å². The average Bonchev–Trinajstić information content (AvgIpc) is 2.96. The fourth-order valence-electron chi connectivity index (χ4n) is 2.67. The molecular weight excluding hydrogens is 414 g/mol. The molecule has 3 rings (SSSR count). The van der Waals surface area contributed by atoms with Crippen LogP contribution in [0.2, 0.25) is 10.0 Å². The van der Waals surface area contributed by atoms with E-state index >= 15 is 0 Å². The number of para-hydroxylation sites is 1. The number of aromatic nitrogens is 1. The number of halogens is 3. The number of aliphatic carboxylic acids is 1. The molecule has 0 saturated carbocycles. The van der Waals surface area contributed by atoms with Crippen LogP contribution in [-0.2, 0) is 4.79 Å².